The van der Waals surface area contributed by atoms with Gasteiger partial charge in [0.05, 0.1) is 13.1 Å². The molecule has 0 aliphatic heterocycles. The molecular weight excluding hydrogens is 200 g/mol. The Hall–Kier alpha value is -0.800. The van der Waals surface area contributed by atoms with Crippen LogP contribution in [-0.4, -0.2) is 25.0 Å². The minimum absolute atomic E-state index is 0.679. The summed E-state index contributed by atoms with van der Waals surface area (Å²) in [6, 6.07) is 4.82. The van der Waals surface area contributed by atoms with Gasteiger partial charge in [0.15, 0.2) is 0 Å². The zero-order valence-electron chi connectivity index (χ0n) is 10.5. The topological polar surface area (TPSA) is 28.4 Å². The van der Waals surface area contributed by atoms with E-state index in [2.05, 4.69) is 36.3 Å². The SMILES string of the molecule is CNCc1ccc(CN(C)C(C)C2CC2)o1. The molecule has 1 unspecified atom stereocenters. The van der Waals surface area contributed by atoms with Crippen molar-refractivity contribution in [1.29, 1.82) is 0 Å². The third kappa shape index (κ3) is 2.86. The first-order chi connectivity index (χ1) is 7.70. The number of hydrogen-bond acceptors (Lipinski definition) is 3. The predicted octanol–water partition coefficient (Wildman–Crippen LogP) is 2.23. The van der Waals surface area contributed by atoms with Crippen molar-refractivity contribution in [2.75, 3.05) is 14.1 Å². The minimum atomic E-state index is 0.679. The molecule has 1 fully saturated rings. The molecule has 1 N–H and O–H groups in total. The second-order valence-corrected chi connectivity index (χ2v) is 4.89. The van der Waals surface area contributed by atoms with Crippen LogP contribution in [-0.2, 0) is 13.1 Å². The fourth-order valence-electron chi connectivity index (χ4n) is 2.10. The fourth-order valence-corrected chi connectivity index (χ4v) is 2.10. The van der Waals surface area contributed by atoms with Crippen molar-refractivity contribution >= 4 is 0 Å². The molecule has 0 bridgehead atoms. The third-order valence-corrected chi connectivity index (χ3v) is 3.47. The first-order valence-electron chi connectivity index (χ1n) is 6.13. The summed E-state index contributed by atoms with van der Waals surface area (Å²) in [5, 5.41) is 3.09. The molecule has 1 aliphatic rings. The minimum Gasteiger partial charge on any atom is -0.463 e. The van der Waals surface area contributed by atoms with Crippen molar-refractivity contribution in [3.05, 3.63) is 23.7 Å². The molecule has 1 aromatic rings. The summed E-state index contributed by atoms with van der Waals surface area (Å²) in [5.41, 5.74) is 0. The van der Waals surface area contributed by atoms with E-state index in [0.717, 1.165) is 30.5 Å². The monoisotopic (exact) mass is 222 g/mol. The van der Waals surface area contributed by atoms with Gasteiger partial charge in [0.25, 0.3) is 0 Å². The summed E-state index contributed by atoms with van der Waals surface area (Å²) in [6.07, 6.45) is 2.79. The van der Waals surface area contributed by atoms with Crippen molar-refractivity contribution in [2.45, 2.75) is 38.9 Å². The lowest BCUT2D eigenvalue weighted by Crippen LogP contribution is -2.30. The van der Waals surface area contributed by atoms with Gasteiger partial charge in [0, 0.05) is 6.04 Å². The van der Waals surface area contributed by atoms with Crippen LogP contribution in [0.15, 0.2) is 16.5 Å². The smallest absolute Gasteiger partial charge is 0.118 e. The maximum Gasteiger partial charge on any atom is 0.118 e. The highest BCUT2D eigenvalue weighted by molar-refractivity contribution is 5.07. The number of furan rings is 1. The van der Waals surface area contributed by atoms with Crippen molar-refractivity contribution in [3.63, 3.8) is 0 Å². The molecule has 0 saturated heterocycles. The van der Waals surface area contributed by atoms with Crippen molar-refractivity contribution in [3.8, 4) is 0 Å². The van der Waals surface area contributed by atoms with Crippen LogP contribution in [0.1, 0.15) is 31.3 Å². The van der Waals surface area contributed by atoms with Crippen LogP contribution in [0.4, 0.5) is 0 Å². The maximum absolute atomic E-state index is 5.74. The van der Waals surface area contributed by atoms with E-state index in [1.54, 1.807) is 0 Å². The van der Waals surface area contributed by atoms with E-state index >= 15 is 0 Å². The van der Waals surface area contributed by atoms with Crippen LogP contribution in [0, 0.1) is 5.92 Å². The largest absolute Gasteiger partial charge is 0.463 e. The van der Waals surface area contributed by atoms with E-state index in [9.17, 15) is 0 Å². The normalized spacial score (nSPS) is 18.0. The quantitative estimate of drug-likeness (QED) is 0.800. The van der Waals surface area contributed by atoms with Gasteiger partial charge in [0.1, 0.15) is 11.5 Å². The predicted molar refractivity (Wildman–Crippen MR) is 65.1 cm³/mol. The molecule has 0 aromatic carbocycles. The van der Waals surface area contributed by atoms with E-state index in [1.807, 2.05) is 7.05 Å². The number of nitrogens with one attached hydrogen (secondary N) is 1. The molecule has 1 saturated carbocycles. The summed E-state index contributed by atoms with van der Waals surface area (Å²) in [6.45, 7) is 4.04. The second kappa shape index (κ2) is 5.02. The lowest BCUT2D eigenvalue weighted by Gasteiger charge is -2.23. The maximum atomic E-state index is 5.74. The number of rotatable bonds is 6. The summed E-state index contributed by atoms with van der Waals surface area (Å²) in [5.74, 6) is 3.00. The Morgan fingerprint density at radius 1 is 1.44 bits per heavy atom. The van der Waals surface area contributed by atoms with Crippen LogP contribution in [0.2, 0.25) is 0 Å². The van der Waals surface area contributed by atoms with E-state index < -0.39 is 0 Å². The molecule has 0 spiro atoms. The molecule has 3 nitrogen and oxygen atoms in total. The summed E-state index contributed by atoms with van der Waals surface area (Å²) in [4.78, 5) is 2.39. The molecule has 16 heavy (non-hydrogen) atoms. The fraction of sp³-hybridized carbons (Fsp3) is 0.692. The van der Waals surface area contributed by atoms with E-state index in [-0.39, 0.29) is 0 Å². The van der Waals surface area contributed by atoms with Crippen LogP contribution >= 0.6 is 0 Å². The number of hydrogen-bond donors (Lipinski definition) is 1. The van der Waals surface area contributed by atoms with Crippen LogP contribution in [0.25, 0.3) is 0 Å². The summed E-state index contributed by atoms with van der Waals surface area (Å²) < 4.78 is 5.74. The Kier molecular flexibility index (Phi) is 3.66. The van der Waals surface area contributed by atoms with Crippen molar-refractivity contribution < 1.29 is 4.42 Å². The van der Waals surface area contributed by atoms with Gasteiger partial charge in [-0.15, -0.1) is 0 Å². The van der Waals surface area contributed by atoms with Crippen molar-refractivity contribution in [1.82, 2.24) is 10.2 Å². The molecule has 2 rings (SSSR count). The number of nitrogens with zero attached hydrogens (tertiary/aromatic N) is 1. The molecule has 1 aliphatic carbocycles. The average Bonchev–Trinajstić information content (AvgIpc) is 3.02. The zero-order valence-corrected chi connectivity index (χ0v) is 10.5. The first kappa shape index (κ1) is 11.7. The van der Waals surface area contributed by atoms with Gasteiger partial charge in [-0.05, 0) is 51.9 Å². The van der Waals surface area contributed by atoms with Gasteiger partial charge in [-0.3, -0.25) is 4.90 Å². The van der Waals surface area contributed by atoms with Crippen LogP contribution < -0.4 is 5.32 Å². The van der Waals surface area contributed by atoms with Gasteiger partial charge < -0.3 is 9.73 Å². The Labute approximate surface area is 97.8 Å². The van der Waals surface area contributed by atoms with E-state index in [4.69, 9.17) is 4.42 Å². The van der Waals surface area contributed by atoms with Crippen LogP contribution in [0.3, 0.4) is 0 Å². The van der Waals surface area contributed by atoms with Crippen molar-refractivity contribution in [2.24, 2.45) is 5.92 Å². The molecule has 90 valence electrons. The van der Waals surface area contributed by atoms with E-state index in [0.29, 0.717) is 6.04 Å². The molecule has 1 heterocycles. The Balaban J connectivity index is 1.86. The Bertz CT molecular complexity index is 330. The third-order valence-electron chi connectivity index (χ3n) is 3.47. The molecule has 0 radical (unpaired) electrons. The Morgan fingerprint density at radius 2 is 2.12 bits per heavy atom. The lowest BCUT2D eigenvalue weighted by atomic mass is 10.2. The van der Waals surface area contributed by atoms with Gasteiger partial charge in [0.2, 0.25) is 0 Å². The van der Waals surface area contributed by atoms with Crippen LogP contribution in [0.5, 0.6) is 0 Å². The highest BCUT2D eigenvalue weighted by atomic mass is 16.3. The van der Waals surface area contributed by atoms with Gasteiger partial charge in [-0.25, -0.2) is 0 Å². The van der Waals surface area contributed by atoms with Gasteiger partial charge in [-0.1, -0.05) is 0 Å². The second-order valence-electron chi connectivity index (χ2n) is 4.89. The molecule has 3 heteroatoms. The standard InChI is InChI=1S/C13H22N2O/c1-10(11-4-5-11)15(3)9-13-7-6-12(16-13)8-14-2/h6-7,10-11,14H,4-5,8-9H2,1-3H3. The first-order valence-corrected chi connectivity index (χ1v) is 6.13. The molecular formula is C13H22N2O. The van der Waals surface area contributed by atoms with E-state index in [1.165, 1.54) is 12.8 Å². The zero-order chi connectivity index (χ0) is 11.5. The lowest BCUT2D eigenvalue weighted by molar-refractivity contribution is 0.208. The molecule has 1 atom stereocenters. The van der Waals surface area contributed by atoms with Gasteiger partial charge in [-0.2, -0.15) is 0 Å². The average molecular weight is 222 g/mol. The highest BCUT2D eigenvalue weighted by Crippen LogP contribution is 2.35. The summed E-state index contributed by atoms with van der Waals surface area (Å²) in [7, 11) is 4.12. The Morgan fingerprint density at radius 3 is 2.75 bits per heavy atom. The molecule has 1 aromatic heterocycles. The molecule has 0 amide bonds. The summed E-state index contributed by atoms with van der Waals surface area (Å²) >= 11 is 0. The highest BCUT2D eigenvalue weighted by Gasteiger charge is 2.30. The van der Waals surface area contributed by atoms with Gasteiger partial charge >= 0.3 is 0 Å².